The van der Waals surface area contributed by atoms with Crippen LogP contribution >= 0.6 is 0 Å². The van der Waals surface area contributed by atoms with Crippen molar-refractivity contribution in [3.05, 3.63) is 251 Å². The largest absolute Gasteiger partial charge is 0.456 e. The average Bonchev–Trinajstić information content (AvgIpc) is 4.01. The van der Waals surface area contributed by atoms with E-state index in [4.69, 9.17) is 4.42 Å². The van der Waals surface area contributed by atoms with Gasteiger partial charge in [-0.2, -0.15) is 0 Å². The lowest BCUT2D eigenvalue weighted by Crippen LogP contribution is -2.28. The van der Waals surface area contributed by atoms with Crippen LogP contribution in [0.5, 0.6) is 0 Å². The van der Waals surface area contributed by atoms with Gasteiger partial charge in [0.1, 0.15) is 11.2 Å². The Morgan fingerprint density at radius 1 is 0.400 bits per heavy atom. The van der Waals surface area contributed by atoms with Crippen molar-refractivity contribution in [1.29, 1.82) is 0 Å². The van der Waals surface area contributed by atoms with Gasteiger partial charge in [-0.05, 0) is 121 Å². The summed E-state index contributed by atoms with van der Waals surface area (Å²) in [5.41, 5.74) is 21.7. The number of anilines is 2. The van der Waals surface area contributed by atoms with Crippen LogP contribution in [0.2, 0.25) is 0 Å². The van der Waals surface area contributed by atoms with E-state index in [1.165, 1.54) is 83.3 Å². The summed E-state index contributed by atoms with van der Waals surface area (Å²) in [5, 5.41) is 2.34. The van der Waals surface area contributed by atoms with E-state index in [0.717, 1.165) is 27.9 Å². The summed E-state index contributed by atoms with van der Waals surface area (Å²) in [5.74, 6) is 0. The molecular weight excluding hydrogens is 727 g/mol. The predicted molar refractivity (Wildman–Crippen MR) is 246 cm³/mol. The summed E-state index contributed by atoms with van der Waals surface area (Å²) in [7, 11) is 0. The lowest BCUT2D eigenvalue weighted by atomic mass is 9.70. The van der Waals surface area contributed by atoms with Gasteiger partial charge >= 0.3 is 0 Å². The molecule has 0 fully saturated rings. The molecule has 2 nitrogen and oxygen atoms in total. The van der Waals surface area contributed by atoms with Crippen LogP contribution in [0.15, 0.2) is 211 Å². The van der Waals surface area contributed by atoms with Gasteiger partial charge < -0.3 is 9.32 Å². The van der Waals surface area contributed by atoms with Crippen molar-refractivity contribution < 1.29 is 4.42 Å². The number of nitrogens with zero attached hydrogens (tertiary/aromatic N) is 1. The van der Waals surface area contributed by atoms with Crippen LogP contribution < -0.4 is 4.90 Å². The summed E-state index contributed by atoms with van der Waals surface area (Å²) in [6.45, 7) is 3.09. The molecular formula is C58H39NO. The van der Waals surface area contributed by atoms with E-state index in [9.17, 15) is 0 Å². The maximum Gasteiger partial charge on any atom is 0.135 e. The van der Waals surface area contributed by atoms with E-state index in [1.807, 2.05) is 0 Å². The van der Waals surface area contributed by atoms with Crippen molar-refractivity contribution in [1.82, 2.24) is 0 Å². The lowest BCUT2D eigenvalue weighted by Gasteiger charge is -2.34. The second-order valence-corrected chi connectivity index (χ2v) is 16.8. The summed E-state index contributed by atoms with van der Waals surface area (Å²) in [6, 6.07) is 76.5. The summed E-state index contributed by atoms with van der Waals surface area (Å²) in [6.07, 6.45) is 0. The Kier molecular flexibility index (Phi) is 6.88. The van der Waals surface area contributed by atoms with Crippen LogP contribution in [-0.4, -0.2) is 0 Å². The maximum atomic E-state index is 6.68. The van der Waals surface area contributed by atoms with E-state index >= 15 is 0 Å². The molecule has 2 heteroatoms. The van der Waals surface area contributed by atoms with Crippen molar-refractivity contribution in [3.63, 3.8) is 0 Å². The molecule has 0 N–H and O–H groups in total. The van der Waals surface area contributed by atoms with Gasteiger partial charge in [-0.15, -0.1) is 0 Å². The first-order valence-corrected chi connectivity index (χ1v) is 21.0. The van der Waals surface area contributed by atoms with Gasteiger partial charge in [-0.25, -0.2) is 0 Å². The quantitative estimate of drug-likeness (QED) is 0.173. The molecule has 282 valence electrons. The molecule has 1 aromatic heterocycles. The monoisotopic (exact) mass is 765 g/mol. The fraction of sp³-hybridized carbons (Fsp3) is 0.0690. The molecule has 0 saturated heterocycles. The molecule has 1 heterocycles. The number of hydrogen-bond donors (Lipinski definition) is 0. The molecule has 3 aliphatic rings. The van der Waals surface area contributed by atoms with Crippen LogP contribution in [0.25, 0.3) is 55.3 Å². The van der Waals surface area contributed by atoms with Crippen molar-refractivity contribution >= 4 is 33.3 Å². The normalized spacial score (nSPS) is 14.4. The van der Waals surface area contributed by atoms with Gasteiger partial charge in [0.15, 0.2) is 0 Å². The van der Waals surface area contributed by atoms with Gasteiger partial charge in [0.05, 0.1) is 5.41 Å². The summed E-state index contributed by atoms with van der Waals surface area (Å²) < 4.78 is 6.68. The molecule has 13 rings (SSSR count). The number of benzene rings is 9. The van der Waals surface area contributed by atoms with Crippen molar-refractivity contribution in [2.24, 2.45) is 0 Å². The molecule has 1 spiro atoms. The molecule has 0 amide bonds. The fourth-order valence-corrected chi connectivity index (χ4v) is 11.6. The number of para-hydroxylation sites is 2. The standard InChI is InChI=1S/C58H39NO/c1-57(47-25-11-5-19-40(47)41-20-6-12-26-48(41)57)56-37(31-34-54-55(56)46-24-10-16-30-53(46)60-54)36-59(38-17-3-2-4-18-38)39-32-33-45-44-23-9-15-29-51(44)58(52(45)35-39)49-27-13-7-21-42(49)43-22-8-14-28-50(43)58/h2-35H,36H2,1H3. The minimum absolute atomic E-state index is 0.429. The zero-order valence-corrected chi connectivity index (χ0v) is 33.2. The molecule has 10 aromatic rings. The summed E-state index contributed by atoms with van der Waals surface area (Å²) in [4.78, 5) is 2.53. The van der Waals surface area contributed by atoms with Crippen molar-refractivity contribution in [2.45, 2.75) is 24.3 Å². The SMILES string of the molecule is CC1(c2c(CN(c3ccccc3)c3ccc4c(c3)C3(c5ccccc5-c5ccccc53)c3ccccc3-4)ccc3oc4ccccc4c23)c2ccccc2-c2ccccc21. The highest BCUT2D eigenvalue weighted by Gasteiger charge is 2.52. The van der Waals surface area contributed by atoms with Crippen LogP contribution in [0.4, 0.5) is 11.4 Å². The second kappa shape index (κ2) is 12.3. The van der Waals surface area contributed by atoms with Crippen LogP contribution in [0.3, 0.4) is 0 Å². The van der Waals surface area contributed by atoms with Crippen LogP contribution in [-0.2, 0) is 17.4 Å². The van der Waals surface area contributed by atoms with E-state index in [-0.39, 0.29) is 0 Å². The van der Waals surface area contributed by atoms with Gasteiger partial charge in [0.25, 0.3) is 0 Å². The van der Waals surface area contributed by atoms with E-state index in [2.05, 4.69) is 218 Å². The first-order chi connectivity index (χ1) is 29.7. The average molecular weight is 766 g/mol. The molecule has 0 aliphatic heterocycles. The number of furan rings is 1. The molecule has 0 atom stereocenters. The third-order valence-electron chi connectivity index (χ3n) is 14.0. The van der Waals surface area contributed by atoms with Crippen LogP contribution in [0, 0.1) is 0 Å². The highest BCUT2D eigenvalue weighted by atomic mass is 16.3. The Labute approximate surface area is 349 Å². The Morgan fingerprint density at radius 3 is 1.48 bits per heavy atom. The van der Waals surface area contributed by atoms with Gasteiger partial charge in [-0.1, -0.05) is 170 Å². The van der Waals surface area contributed by atoms with E-state index < -0.39 is 10.8 Å². The van der Waals surface area contributed by atoms with E-state index in [0.29, 0.717) is 6.54 Å². The van der Waals surface area contributed by atoms with Gasteiger partial charge in [-0.3, -0.25) is 0 Å². The third-order valence-corrected chi connectivity index (χ3v) is 14.0. The highest BCUT2D eigenvalue weighted by Crippen LogP contribution is 2.63. The van der Waals surface area contributed by atoms with Crippen molar-refractivity contribution in [2.75, 3.05) is 4.90 Å². The number of fused-ring (bicyclic) bond motifs is 16. The minimum Gasteiger partial charge on any atom is -0.456 e. The summed E-state index contributed by atoms with van der Waals surface area (Å²) >= 11 is 0. The molecule has 0 radical (unpaired) electrons. The number of rotatable bonds is 5. The molecule has 9 aromatic carbocycles. The Balaban J connectivity index is 1.07. The maximum absolute atomic E-state index is 6.68. The Morgan fingerprint density at radius 2 is 0.883 bits per heavy atom. The topological polar surface area (TPSA) is 16.4 Å². The van der Waals surface area contributed by atoms with Crippen molar-refractivity contribution in [3.8, 4) is 33.4 Å². The first-order valence-electron chi connectivity index (χ1n) is 21.0. The number of hydrogen-bond acceptors (Lipinski definition) is 2. The molecule has 0 unspecified atom stereocenters. The fourth-order valence-electron chi connectivity index (χ4n) is 11.6. The molecule has 0 saturated carbocycles. The predicted octanol–water partition coefficient (Wildman–Crippen LogP) is 14.6. The third kappa shape index (κ3) is 4.27. The zero-order valence-electron chi connectivity index (χ0n) is 33.2. The van der Waals surface area contributed by atoms with Gasteiger partial charge in [0, 0.05) is 34.1 Å². The highest BCUT2D eigenvalue weighted by molar-refractivity contribution is 6.09. The van der Waals surface area contributed by atoms with Gasteiger partial charge in [0.2, 0.25) is 0 Å². The molecule has 60 heavy (non-hydrogen) atoms. The molecule has 0 bridgehead atoms. The Hall–Kier alpha value is -7.42. The van der Waals surface area contributed by atoms with E-state index in [1.54, 1.807) is 0 Å². The zero-order chi connectivity index (χ0) is 39.6. The van der Waals surface area contributed by atoms with Crippen LogP contribution in [0.1, 0.15) is 51.4 Å². The first kappa shape index (κ1) is 33.5. The lowest BCUT2D eigenvalue weighted by molar-refractivity contribution is 0.664. The second-order valence-electron chi connectivity index (χ2n) is 16.8. The smallest absolute Gasteiger partial charge is 0.135 e. The Bertz CT molecular complexity index is 3280. The molecule has 3 aliphatic carbocycles. The minimum atomic E-state index is -0.446.